The van der Waals surface area contributed by atoms with Gasteiger partial charge in [0.2, 0.25) is 0 Å². The molecule has 6 heteroatoms. The van der Waals surface area contributed by atoms with E-state index in [1.807, 2.05) is 13.8 Å². The number of phenols is 1. The number of rotatable bonds is 5. The third-order valence-corrected chi connectivity index (χ3v) is 4.79. The van der Waals surface area contributed by atoms with Crippen molar-refractivity contribution < 1.29 is 5.11 Å². The molecule has 0 aliphatic rings. The van der Waals surface area contributed by atoms with Gasteiger partial charge in [-0.25, -0.2) is 9.97 Å². The molecule has 3 N–H and O–H groups in total. The molecule has 0 atom stereocenters. The van der Waals surface area contributed by atoms with Gasteiger partial charge in [-0.1, -0.05) is 25.4 Å². The largest absolute Gasteiger partial charge is 0.508 e. The van der Waals surface area contributed by atoms with E-state index in [1.54, 1.807) is 18.2 Å². The summed E-state index contributed by atoms with van der Waals surface area (Å²) in [5, 5.41) is 10.6. The van der Waals surface area contributed by atoms with E-state index in [1.165, 1.54) is 0 Å². The van der Waals surface area contributed by atoms with Gasteiger partial charge in [-0.2, -0.15) is 0 Å². The molecule has 0 amide bonds. The number of aryl methyl sites for hydroxylation is 4. The van der Waals surface area contributed by atoms with E-state index in [2.05, 4.69) is 23.8 Å². The lowest BCUT2D eigenvalue weighted by Crippen LogP contribution is -2.09. The quantitative estimate of drug-likeness (QED) is 0.632. The molecule has 2 heterocycles. The molecule has 0 fully saturated rings. The number of aromatic amines is 2. The highest BCUT2D eigenvalue weighted by Crippen LogP contribution is 2.38. The van der Waals surface area contributed by atoms with Gasteiger partial charge in [0, 0.05) is 29.3 Å². The van der Waals surface area contributed by atoms with Crippen molar-refractivity contribution in [1.29, 1.82) is 0 Å². The van der Waals surface area contributed by atoms with Gasteiger partial charge in [-0.05, 0) is 37.6 Å². The van der Waals surface area contributed by atoms with Gasteiger partial charge in [0.25, 0.3) is 0 Å². The number of benzene rings is 1. The molecule has 0 saturated heterocycles. The maximum atomic E-state index is 10.0. The number of aromatic hydroxyl groups is 1. The first-order valence-corrected chi connectivity index (χ1v) is 8.91. The summed E-state index contributed by atoms with van der Waals surface area (Å²) >= 11 is 6.49. The van der Waals surface area contributed by atoms with Gasteiger partial charge in [0.1, 0.15) is 17.4 Å². The van der Waals surface area contributed by atoms with Crippen LogP contribution in [0.1, 0.15) is 59.8 Å². The van der Waals surface area contributed by atoms with Gasteiger partial charge >= 0.3 is 0 Å². The fourth-order valence-electron chi connectivity index (χ4n) is 3.15. The predicted octanol–water partition coefficient (Wildman–Crippen LogP) is 4.41. The van der Waals surface area contributed by atoms with E-state index in [4.69, 9.17) is 21.6 Å². The van der Waals surface area contributed by atoms with Crippen molar-refractivity contribution in [2.24, 2.45) is 0 Å². The molecule has 0 unspecified atom stereocenters. The maximum absolute atomic E-state index is 10.0. The van der Waals surface area contributed by atoms with E-state index in [0.29, 0.717) is 5.02 Å². The second kappa shape index (κ2) is 6.92. The van der Waals surface area contributed by atoms with Crippen molar-refractivity contribution in [3.63, 3.8) is 0 Å². The number of nitrogens with one attached hydrogen (secondary N) is 2. The van der Waals surface area contributed by atoms with E-state index in [-0.39, 0.29) is 11.7 Å². The average Bonchev–Trinajstić information content (AvgIpc) is 3.14. The molecule has 5 nitrogen and oxygen atoms in total. The minimum atomic E-state index is -0.243. The van der Waals surface area contributed by atoms with E-state index in [0.717, 1.165) is 52.8 Å². The van der Waals surface area contributed by atoms with Crippen molar-refractivity contribution >= 4 is 11.6 Å². The van der Waals surface area contributed by atoms with Crippen molar-refractivity contribution in [3.8, 4) is 5.75 Å². The van der Waals surface area contributed by atoms with Crippen LogP contribution >= 0.6 is 11.6 Å². The molecular formula is C19H23ClN4O. The number of phenolic OH excluding ortho intramolecular Hbond substituents is 1. The SMILES string of the molecule is CCc1nc(C(c2cc(O)ccc2Cl)c2nc(CC)[nH]c2C)c(C)[nH]1. The zero-order chi connectivity index (χ0) is 18.1. The van der Waals surface area contributed by atoms with Gasteiger partial charge < -0.3 is 15.1 Å². The summed E-state index contributed by atoms with van der Waals surface area (Å²) in [4.78, 5) is 16.2. The lowest BCUT2D eigenvalue weighted by Gasteiger charge is -2.17. The zero-order valence-corrected chi connectivity index (χ0v) is 15.7. The number of aromatic nitrogens is 4. The van der Waals surface area contributed by atoms with E-state index < -0.39 is 0 Å². The Balaban J connectivity index is 2.25. The first-order valence-electron chi connectivity index (χ1n) is 8.53. The van der Waals surface area contributed by atoms with Crippen LogP contribution in [0.2, 0.25) is 5.02 Å². The van der Waals surface area contributed by atoms with Crippen LogP contribution in [0.5, 0.6) is 5.75 Å². The Morgan fingerprint density at radius 1 is 1.00 bits per heavy atom. The van der Waals surface area contributed by atoms with Gasteiger partial charge in [0.05, 0.1) is 17.3 Å². The molecule has 0 saturated carbocycles. The predicted molar refractivity (Wildman–Crippen MR) is 99.5 cm³/mol. The number of H-pyrrole nitrogens is 2. The summed E-state index contributed by atoms with van der Waals surface area (Å²) < 4.78 is 0. The summed E-state index contributed by atoms with van der Waals surface area (Å²) in [6, 6.07) is 5.00. The van der Waals surface area contributed by atoms with Crippen LogP contribution in [0.25, 0.3) is 0 Å². The fraction of sp³-hybridized carbons (Fsp3) is 0.368. The summed E-state index contributed by atoms with van der Waals surface area (Å²) in [7, 11) is 0. The normalized spacial score (nSPS) is 11.4. The standard InChI is InChI=1S/C19H23ClN4O/c1-5-15-21-10(3)18(23-15)17(13-9-12(25)7-8-14(13)20)19-11(4)22-16(6-2)24-19/h7-9,17,25H,5-6H2,1-4H3,(H,21,23)(H,22,24). The Labute approximate surface area is 152 Å². The second-order valence-corrected chi connectivity index (χ2v) is 6.64. The molecule has 0 spiro atoms. The fourth-order valence-corrected chi connectivity index (χ4v) is 3.38. The van der Waals surface area contributed by atoms with Crippen molar-refractivity contribution in [3.05, 3.63) is 63.2 Å². The Morgan fingerprint density at radius 3 is 1.96 bits per heavy atom. The molecule has 132 valence electrons. The Morgan fingerprint density at radius 2 is 1.52 bits per heavy atom. The maximum Gasteiger partial charge on any atom is 0.115 e. The first-order chi connectivity index (χ1) is 11.9. The van der Waals surface area contributed by atoms with Gasteiger partial charge in [-0.3, -0.25) is 0 Å². The van der Waals surface area contributed by atoms with Crippen LogP contribution in [0.4, 0.5) is 0 Å². The Bertz CT molecular complexity index is 849. The van der Waals surface area contributed by atoms with Gasteiger partial charge in [0.15, 0.2) is 0 Å². The number of nitrogens with zero attached hydrogens (tertiary/aromatic N) is 2. The van der Waals surface area contributed by atoms with Crippen LogP contribution < -0.4 is 0 Å². The van der Waals surface area contributed by atoms with Gasteiger partial charge in [-0.15, -0.1) is 0 Å². The highest BCUT2D eigenvalue weighted by molar-refractivity contribution is 6.31. The minimum absolute atomic E-state index is 0.178. The molecule has 2 aromatic heterocycles. The minimum Gasteiger partial charge on any atom is -0.508 e. The van der Waals surface area contributed by atoms with Crippen LogP contribution in [-0.2, 0) is 12.8 Å². The number of hydrogen-bond donors (Lipinski definition) is 3. The second-order valence-electron chi connectivity index (χ2n) is 6.23. The van der Waals surface area contributed by atoms with Crippen molar-refractivity contribution in [2.45, 2.75) is 46.5 Å². The highest BCUT2D eigenvalue weighted by atomic mass is 35.5. The summed E-state index contributed by atoms with van der Waals surface area (Å²) in [6.07, 6.45) is 1.64. The molecular weight excluding hydrogens is 336 g/mol. The summed E-state index contributed by atoms with van der Waals surface area (Å²) in [5.41, 5.74) is 4.56. The summed E-state index contributed by atoms with van der Waals surface area (Å²) in [6.45, 7) is 8.14. The molecule has 1 aromatic carbocycles. The van der Waals surface area contributed by atoms with E-state index in [9.17, 15) is 5.11 Å². The topological polar surface area (TPSA) is 77.6 Å². The molecule has 3 aromatic rings. The van der Waals surface area contributed by atoms with Crippen molar-refractivity contribution in [1.82, 2.24) is 19.9 Å². The van der Waals surface area contributed by atoms with Crippen molar-refractivity contribution in [2.75, 3.05) is 0 Å². The third kappa shape index (κ3) is 3.29. The van der Waals surface area contributed by atoms with Crippen LogP contribution in [-0.4, -0.2) is 25.0 Å². The molecule has 0 bridgehead atoms. The van der Waals surface area contributed by atoms with Crippen LogP contribution in [0.15, 0.2) is 18.2 Å². The highest BCUT2D eigenvalue weighted by Gasteiger charge is 2.28. The molecule has 25 heavy (non-hydrogen) atoms. The molecule has 0 aliphatic carbocycles. The lowest BCUT2D eigenvalue weighted by atomic mass is 9.90. The monoisotopic (exact) mass is 358 g/mol. The van der Waals surface area contributed by atoms with Crippen LogP contribution in [0, 0.1) is 13.8 Å². The molecule has 0 aliphatic heterocycles. The summed E-state index contributed by atoms with van der Waals surface area (Å²) in [5.74, 6) is 1.79. The Hall–Kier alpha value is -2.27. The first kappa shape index (κ1) is 17.5. The molecule has 0 radical (unpaired) electrons. The zero-order valence-electron chi connectivity index (χ0n) is 14.9. The third-order valence-electron chi connectivity index (χ3n) is 4.45. The smallest absolute Gasteiger partial charge is 0.115 e. The van der Waals surface area contributed by atoms with E-state index >= 15 is 0 Å². The number of imidazole rings is 2. The lowest BCUT2D eigenvalue weighted by molar-refractivity contribution is 0.474. The van der Waals surface area contributed by atoms with Crippen LogP contribution in [0.3, 0.4) is 0 Å². The number of hydrogen-bond acceptors (Lipinski definition) is 3. The average molecular weight is 359 g/mol. The molecule has 3 rings (SSSR count). The Kier molecular flexibility index (Phi) is 4.86. The number of halogens is 1.